The van der Waals surface area contributed by atoms with E-state index in [1.165, 1.54) is 37.7 Å². The molecule has 5 unspecified atom stereocenters. The number of hydrogen-bond donors (Lipinski definition) is 0. The van der Waals surface area contributed by atoms with Crippen molar-refractivity contribution in [2.45, 2.75) is 50.3 Å². The summed E-state index contributed by atoms with van der Waals surface area (Å²) in [5.41, 5.74) is 1.33. The number of nitrogens with zero attached hydrogens (tertiary/aromatic N) is 1. The van der Waals surface area contributed by atoms with Gasteiger partial charge in [-0.05, 0) is 67.1 Å². The van der Waals surface area contributed by atoms with Gasteiger partial charge >= 0.3 is 0 Å². The van der Waals surface area contributed by atoms with Crippen LogP contribution < -0.4 is 0 Å². The Balaban J connectivity index is 1.60. The van der Waals surface area contributed by atoms with E-state index in [9.17, 15) is 0 Å². The minimum atomic E-state index is 0.275. The van der Waals surface area contributed by atoms with Gasteiger partial charge in [-0.25, -0.2) is 0 Å². The molecule has 0 amide bonds. The standard InChI is InChI=1S/C16H22ClN/c1-11(13-4-6-18-7-5-13)16(17)10-15-9-12-2-3-14(15)8-12/h4-7,11-12,14-16H,2-3,8-10H2,1H3. The molecule has 2 heteroatoms. The zero-order valence-electron chi connectivity index (χ0n) is 11.1. The summed E-state index contributed by atoms with van der Waals surface area (Å²) >= 11 is 6.66. The fourth-order valence-corrected chi connectivity index (χ4v) is 4.41. The Morgan fingerprint density at radius 2 is 2.06 bits per heavy atom. The van der Waals surface area contributed by atoms with Crippen LogP contribution in [0.4, 0.5) is 0 Å². The van der Waals surface area contributed by atoms with Crippen LogP contribution >= 0.6 is 11.6 Å². The lowest BCUT2D eigenvalue weighted by atomic mass is 9.82. The van der Waals surface area contributed by atoms with Crippen molar-refractivity contribution in [2.75, 3.05) is 0 Å². The molecule has 0 aromatic carbocycles. The number of aromatic nitrogens is 1. The number of hydrogen-bond acceptors (Lipinski definition) is 1. The van der Waals surface area contributed by atoms with Crippen molar-refractivity contribution in [3.63, 3.8) is 0 Å². The van der Waals surface area contributed by atoms with Gasteiger partial charge in [0.25, 0.3) is 0 Å². The largest absolute Gasteiger partial charge is 0.265 e. The first-order valence-electron chi connectivity index (χ1n) is 7.28. The number of pyridine rings is 1. The maximum Gasteiger partial charge on any atom is 0.0404 e. The zero-order valence-corrected chi connectivity index (χ0v) is 11.8. The van der Waals surface area contributed by atoms with E-state index in [1.54, 1.807) is 0 Å². The third kappa shape index (κ3) is 2.42. The lowest BCUT2D eigenvalue weighted by Gasteiger charge is -2.26. The molecule has 2 fully saturated rings. The van der Waals surface area contributed by atoms with Crippen molar-refractivity contribution < 1.29 is 0 Å². The normalized spacial score (nSPS) is 33.6. The van der Waals surface area contributed by atoms with E-state index in [1.807, 2.05) is 12.4 Å². The molecule has 3 rings (SSSR count). The topological polar surface area (TPSA) is 12.9 Å². The molecule has 98 valence electrons. The number of halogens is 1. The van der Waals surface area contributed by atoms with Gasteiger partial charge in [-0.3, -0.25) is 4.98 Å². The van der Waals surface area contributed by atoms with Crippen LogP contribution in [0.2, 0.25) is 0 Å². The third-order valence-electron chi connectivity index (χ3n) is 5.19. The summed E-state index contributed by atoms with van der Waals surface area (Å²) in [6, 6.07) is 4.20. The van der Waals surface area contributed by atoms with Gasteiger partial charge in [0.1, 0.15) is 0 Å². The molecule has 2 aliphatic rings. The number of rotatable bonds is 4. The molecule has 0 N–H and O–H groups in total. The summed E-state index contributed by atoms with van der Waals surface area (Å²) in [7, 11) is 0. The van der Waals surface area contributed by atoms with Gasteiger partial charge < -0.3 is 0 Å². The van der Waals surface area contributed by atoms with Crippen LogP contribution in [0.5, 0.6) is 0 Å². The summed E-state index contributed by atoms with van der Waals surface area (Å²) < 4.78 is 0. The summed E-state index contributed by atoms with van der Waals surface area (Å²) in [6.07, 6.45) is 10.8. The lowest BCUT2D eigenvalue weighted by Crippen LogP contribution is -2.19. The smallest absolute Gasteiger partial charge is 0.0404 e. The highest BCUT2D eigenvalue weighted by atomic mass is 35.5. The Kier molecular flexibility index (Phi) is 3.61. The highest BCUT2D eigenvalue weighted by molar-refractivity contribution is 6.21. The van der Waals surface area contributed by atoms with Gasteiger partial charge in [-0.15, -0.1) is 11.6 Å². The summed E-state index contributed by atoms with van der Waals surface area (Å²) in [6.45, 7) is 2.25. The van der Waals surface area contributed by atoms with Crippen molar-refractivity contribution in [1.29, 1.82) is 0 Å². The van der Waals surface area contributed by atoms with Crippen molar-refractivity contribution in [2.24, 2.45) is 17.8 Å². The monoisotopic (exact) mass is 263 g/mol. The Bertz CT molecular complexity index is 391. The molecule has 0 radical (unpaired) electrons. The average molecular weight is 264 g/mol. The maximum atomic E-state index is 6.66. The Labute approximate surface area is 115 Å². The van der Waals surface area contributed by atoms with Crippen molar-refractivity contribution in [3.8, 4) is 0 Å². The molecule has 2 bridgehead atoms. The van der Waals surface area contributed by atoms with E-state index in [-0.39, 0.29) is 5.38 Å². The van der Waals surface area contributed by atoms with E-state index < -0.39 is 0 Å². The maximum absolute atomic E-state index is 6.66. The van der Waals surface area contributed by atoms with Crippen LogP contribution in [-0.2, 0) is 0 Å². The zero-order chi connectivity index (χ0) is 12.5. The summed E-state index contributed by atoms with van der Waals surface area (Å²) in [5, 5.41) is 0.275. The van der Waals surface area contributed by atoms with E-state index in [4.69, 9.17) is 11.6 Å². The van der Waals surface area contributed by atoms with Crippen LogP contribution in [0.3, 0.4) is 0 Å². The molecule has 1 aromatic heterocycles. The minimum absolute atomic E-state index is 0.275. The van der Waals surface area contributed by atoms with Crippen LogP contribution in [0.1, 0.15) is 50.5 Å². The van der Waals surface area contributed by atoms with E-state index in [2.05, 4.69) is 24.0 Å². The van der Waals surface area contributed by atoms with Gasteiger partial charge in [0.05, 0.1) is 0 Å². The van der Waals surface area contributed by atoms with Gasteiger partial charge in [-0.2, -0.15) is 0 Å². The van der Waals surface area contributed by atoms with E-state index >= 15 is 0 Å². The first-order valence-corrected chi connectivity index (χ1v) is 7.71. The molecular formula is C16H22ClN. The van der Waals surface area contributed by atoms with Crippen LogP contribution in [0.15, 0.2) is 24.5 Å². The molecule has 0 spiro atoms. The second-order valence-electron chi connectivity index (χ2n) is 6.26. The van der Waals surface area contributed by atoms with Gasteiger partial charge in [-0.1, -0.05) is 13.3 Å². The number of alkyl halides is 1. The molecule has 1 heterocycles. The highest BCUT2D eigenvalue weighted by Crippen LogP contribution is 2.50. The van der Waals surface area contributed by atoms with Crippen molar-refractivity contribution >= 4 is 11.6 Å². The summed E-state index contributed by atoms with van der Waals surface area (Å²) in [5.74, 6) is 3.35. The Morgan fingerprint density at radius 1 is 1.28 bits per heavy atom. The molecule has 1 nitrogen and oxygen atoms in total. The SMILES string of the molecule is CC(c1ccncc1)C(Cl)CC1CC2CCC1C2. The Hall–Kier alpha value is -0.560. The van der Waals surface area contributed by atoms with Crippen LogP contribution in [-0.4, -0.2) is 10.4 Å². The van der Waals surface area contributed by atoms with E-state index in [0.717, 1.165) is 17.8 Å². The molecule has 2 saturated carbocycles. The lowest BCUT2D eigenvalue weighted by molar-refractivity contribution is 0.304. The molecular weight excluding hydrogens is 242 g/mol. The summed E-state index contributed by atoms with van der Waals surface area (Å²) in [4.78, 5) is 4.08. The second kappa shape index (κ2) is 5.21. The van der Waals surface area contributed by atoms with E-state index in [0.29, 0.717) is 5.92 Å². The molecule has 0 saturated heterocycles. The van der Waals surface area contributed by atoms with Crippen molar-refractivity contribution in [1.82, 2.24) is 4.98 Å². The fourth-order valence-electron chi connectivity index (χ4n) is 4.03. The van der Waals surface area contributed by atoms with Crippen LogP contribution in [0, 0.1) is 17.8 Å². The van der Waals surface area contributed by atoms with Gasteiger partial charge in [0.2, 0.25) is 0 Å². The fraction of sp³-hybridized carbons (Fsp3) is 0.688. The molecule has 1 aromatic rings. The molecule has 18 heavy (non-hydrogen) atoms. The third-order valence-corrected chi connectivity index (χ3v) is 5.74. The van der Waals surface area contributed by atoms with Gasteiger partial charge in [0, 0.05) is 17.8 Å². The first-order chi connectivity index (χ1) is 8.74. The minimum Gasteiger partial charge on any atom is -0.265 e. The van der Waals surface area contributed by atoms with Gasteiger partial charge in [0.15, 0.2) is 0 Å². The number of fused-ring (bicyclic) bond motifs is 2. The predicted molar refractivity (Wildman–Crippen MR) is 75.8 cm³/mol. The Morgan fingerprint density at radius 3 is 2.67 bits per heavy atom. The van der Waals surface area contributed by atoms with Crippen molar-refractivity contribution in [3.05, 3.63) is 30.1 Å². The second-order valence-corrected chi connectivity index (χ2v) is 6.82. The molecule has 5 atom stereocenters. The average Bonchev–Trinajstić information content (AvgIpc) is 3.01. The molecule has 0 aliphatic heterocycles. The van der Waals surface area contributed by atoms with Crippen LogP contribution in [0.25, 0.3) is 0 Å². The molecule has 2 aliphatic carbocycles. The highest BCUT2D eigenvalue weighted by Gasteiger charge is 2.40. The quantitative estimate of drug-likeness (QED) is 0.723. The first kappa shape index (κ1) is 12.5. The predicted octanol–water partition coefficient (Wildman–Crippen LogP) is 4.62.